The molecule has 0 saturated carbocycles. The molecule has 3 heterocycles. The summed E-state index contributed by atoms with van der Waals surface area (Å²) in [5.74, 6) is -0.129. The van der Waals surface area contributed by atoms with Crippen LogP contribution in [0.2, 0.25) is 0 Å². The number of nitrogens with one attached hydrogen (secondary N) is 1. The van der Waals surface area contributed by atoms with Crippen molar-refractivity contribution in [2.45, 2.75) is 26.2 Å². The molecule has 1 fully saturated rings. The average Bonchev–Trinajstić information content (AvgIpc) is 3.38. The SMILES string of the molecule is Cc1ccc(N2C[C@H](c3nnc(NC(=O)c4ccco4)s3)CC2=O)cc1C. The second kappa shape index (κ2) is 6.96. The van der Waals surface area contributed by atoms with E-state index in [-0.39, 0.29) is 23.5 Å². The maximum absolute atomic E-state index is 12.5. The molecule has 4 rings (SSSR count). The van der Waals surface area contributed by atoms with Crippen LogP contribution in [0, 0.1) is 13.8 Å². The molecule has 27 heavy (non-hydrogen) atoms. The van der Waals surface area contributed by atoms with Gasteiger partial charge in [0.05, 0.1) is 6.26 Å². The second-order valence-corrected chi connectivity index (χ2v) is 7.56. The van der Waals surface area contributed by atoms with E-state index in [2.05, 4.69) is 15.5 Å². The summed E-state index contributed by atoms with van der Waals surface area (Å²) in [6, 6.07) is 9.25. The van der Waals surface area contributed by atoms with Gasteiger partial charge in [-0.15, -0.1) is 10.2 Å². The minimum atomic E-state index is -0.373. The molecule has 7 nitrogen and oxygen atoms in total. The van der Waals surface area contributed by atoms with Crippen LogP contribution in [0.4, 0.5) is 10.8 Å². The number of aryl methyl sites for hydroxylation is 2. The minimum absolute atomic E-state index is 0.0362. The van der Waals surface area contributed by atoms with Crippen LogP contribution in [0.25, 0.3) is 0 Å². The zero-order valence-electron chi connectivity index (χ0n) is 14.9. The molecule has 3 aromatic rings. The molecule has 1 atom stereocenters. The lowest BCUT2D eigenvalue weighted by molar-refractivity contribution is -0.117. The van der Waals surface area contributed by atoms with E-state index in [1.165, 1.54) is 23.2 Å². The second-order valence-electron chi connectivity index (χ2n) is 6.55. The quantitative estimate of drug-likeness (QED) is 0.746. The Labute approximate surface area is 160 Å². The monoisotopic (exact) mass is 382 g/mol. The zero-order chi connectivity index (χ0) is 19.0. The summed E-state index contributed by atoms with van der Waals surface area (Å²) in [7, 11) is 0. The number of hydrogen-bond donors (Lipinski definition) is 1. The highest BCUT2D eigenvalue weighted by Crippen LogP contribution is 2.34. The molecule has 138 valence electrons. The van der Waals surface area contributed by atoms with Gasteiger partial charge in [0.25, 0.3) is 5.91 Å². The predicted molar refractivity (Wildman–Crippen MR) is 102 cm³/mol. The van der Waals surface area contributed by atoms with Gasteiger partial charge in [0.2, 0.25) is 11.0 Å². The van der Waals surface area contributed by atoms with Gasteiger partial charge in [0, 0.05) is 24.6 Å². The number of furan rings is 1. The fraction of sp³-hybridized carbons (Fsp3) is 0.263. The number of hydrogen-bond acceptors (Lipinski definition) is 6. The third kappa shape index (κ3) is 3.48. The van der Waals surface area contributed by atoms with E-state index < -0.39 is 0 Å². The van der Waals surface area contributed by atoms with E-state index in [0.717, 1.165) is 16.3 Å². The zero-order valence-corrected chi connectivity index (χ0v) is 15.7. The normalized spacial score (nSPS) is 16.7. The number of rotatable bonds is 4. The fourth-order valence-corrected chi connectivity index (χ4v) is 3.86. The number of amides is 2. The molecule has 0 unspecified atom stereocenters. The maximum Gasteiger partial charge on any atom is 0.293 e. The summed E-state index contributed by atoms with van der Waals surface area (Å²) in [6.07, 6.45) is 1.82. The summed E-state index contributed by atoms with van der Waals surface area (Å²) >= 11 is 1.29. The van der Waals surface area contributed by atoms with Crippen molar-refractivity contribution in [2.75, 3.05) is 16.8 Å². The molecule has 2 aromatic heterocycles. The molecule has 0 spiro atoms. The highest BCUT2D eigenvalue weighted by Gasteiger charge is 2.34. The van der Waals surface area contributed by atoms with Gasteiger partial charge in [0.15, 0.2) is 5.76 Å². The third-order valence-electron chi connectivity index (χ3n) is 4.68. The first-order chi connectivity index (χ1) is 13.0. The first-order valence-corrected chi connectivity index (χ1v) is 9.39. The van der Waals surface area contributed by atoms with Crippen LogP contribution in [0.3, 0.4) is 0 Å². The van der Waals surface area contributed by atoms with Crippen molar-refractivity contribution < 1.29 is 14.0 Å². The van der Waals surface area contributed by atoms with Crippen LogP contribution in [0.5, 0.6) is 0 Å². The molecule has 1 aliphatic heterocycles. The first kappa shape index (κ1) is 17.4. The summed E-state index contributed by atoms with van der Waals surface area (Å²) < 4.78 is 5.06. The predicted octanol–water partition coefficient (Wildman–Crippen LogP) is 3.52. The number of carbonyl (C=O) groups is 2. The number of carbonyl (C=O) groups excluding carboxylic acids is 2. The lowest BCUT2D eigenvalue weighted by atomic mass is 10.1. The molecule has 0 radical (unpaired) electrons. The molecule has 0 bridgehead atoms. The van der Waals surface area contributed by atoms with E-state index in [9.17, 15) is 9.59 Å². The van der Waals surface area contributed by atoms with Crippen LogP contribution in [-0.4, -0.2) is 28.6 Å². The molecule has 1 N–H and O–H groups in total. The fourth-order valence-electron chi connectivity index (χ4n) is 3.03. The van der Waals surface area contributed by atoms with Crippen LogP contribution in [0.15, 0.2) is 41.0 Å². The van der Waals surface area contributed by atoms with Crippen LogP contribution in [0.1, 0.15) is 39.0 Å². The van der Waals surface area contributed by atoms with Gasteiger partial charge in [-0.1, -0.05) is 17.4 Å². The topological polar surface area (TPSA) is 88.3 Å². The molecule has 2 amide bonds. The Kier molecular flexibility index (Phi) is 4.49. The number of aromatic nitrogens is 2. The van der Waals surface area contributed by atoms with Gasteiger partial charge in [-0.2, -0.15) is 0 Å². The maximum atomic E-state index is 12.5. The van der Waals surface area contributed by atoms with E-state index >= 15 is 0 Å². The Hall–Kier alpha value is -3.00. The molecular formula is C19H18N4O3S. The van der Waals surface area contributed by atoms with Crippen molar-refractivity contribution in [1.29, 1.82) is 0 Å². The van der Waals surface area contributed by atoms with Gasteiger partial charge >= 0.3 is 0 Å². The number of nitrogens with zero attached hydrogens (tertiary/aromatic N) is 3. The largest absolute Gasteiger partial charge is 0.459 e. The van der Waals surface area contributed by atoms with Crippen molar-refractivity contribution in [1.82, 2.24) is 10.2 Å². The van der Waals surface area contributed by atoms with E-state index in [0.29, 0.717) is 18.1 Å². The third-order valence-corrected chi connectivity index (χ3v) is 5.68. The Morgan fingerprint density at radius 3 is 2.85 bits per heavy atom. The Bertz CT molecular complexity index is 996. The summed E-state index contributed by atoms with van der Waals surface area (Å²) in [5, 5.41) is 12.0. The average molecular weight is 382 g/mol. The summed E-state index contributed by atoms with van der Waals surface area (Å²) in [6.45, 7) is 4.64. The summed E-state index contributed by atoms with van der Waals surface area (Å²) in [4.78, 5) is 26.3. The van der Waals surface area contributed by atoms with Gasteiger partial charge < -0.3 is 9.32 Å². The van der Waals surface area contributed by atoms with Gasteiger partial charge in [-0.25, -0.2) is 0 Å². The minimum Gasteiger partial charge on any atom is -0.459 e. The van der Waals surface area contributed by atoms with Gasteiger partial charge in [0.1, 0.15) is 5.01 Å². The smallest absolute Gasteiger partial charge is 0.293 e. The molecule has 0 aliphatic carbocycles. The van der Waals surface area contributed by atoms with Crippen molar-refractivity contribution >= 4 is 34.0 Å². The van der Waals surface area contributed by atoms with Crippen LogP contribution < -0.4 is 10.2 Å². The Balaban J connectivity index is 1.47. The highest BCUT2D eigenvalue weighted by molar-refractivity contribution is 7.15. The molecule has 8 heteroatoms. The first-order valence-electron chi connectivity index (χ1n) is 8.57. The van der Waals surface area contributed by atoms with Crippen molar-refractivity contribution in [3.8, 4) is 0 Å². The van der Waals surface area contributed by atoms with E-state index in [4.69, 9.17) is 4.42 Å². The van der Waals surface area contributed by atoms with E-state index in [1.54, 1.807) is 17.0 Å². The van der Waals surface area contributed by atoms with Crippen LogP contribution >= 0.6 is 11.3 Å². The molecule has 1 saturated heterocycles. The lowest BCUT2D eigenvalue weighted by Crippen LogP contribution is -2.24. The van der Waals surface area contributed by atoms with Gasteiger partial charge in [-0.05, 0) is 49.2 Å². The van der Waals surface area contributed by atoms with Crippen molar-refractivity contribution in [2.24, 2.45) is 0 Å². The van der Waals surface area contributed by atoms with E-state index in [1.807, 2.05) is 32.0 Å². The number of benzene rings is 1. The molecule has 1 aliphatic rings. The summed E-state index contributed by atoms with van der Waals surface area (Å²) in [5.41, 5.74) is 3.26. The van der Waals surface area contributed by atoms with Gasteiger partial charge in [-0.3, -0.25) is 14.9 Å². The van der Waals surface area contributed by atoms with Crippen molar-refractivity contribution in [3.63, 3.8) is 0 Å². The Morgan fingerprint density at radius 1 is 1.26 bits per heavy atom. The van der Waals surface area contributed by atoms with Crippen LogP contribution in [-0.2, 0) is 4.79 Å². The lowest BCUT2D eigenvalue weighted by Gasteiger charge is -2.17. The molecular weight excluding hydrogens is 364 g/mol. The van der Waals surface area contributed by atoms with Crippen molar-refractivity contribution in [3.05, 3.63) is 58.5 Å². The Morgan fingerprint density at radius 2 is 2.11 bits per heavy atom. The molecule has 1 aromatic carbocycles. The highest BCUT2D eigenvalue weighted by atomic mass is 32.1. The standard InChI is InChI=1S/C19H18N4O3S/c1-11-5-6-14(8-12(11)2)23-10-13(9-16(23)24)18-21-22-19(27-18)20-17(25)15-4-3-7-26-15/h3-8,13H,9-10H2,1-2H3,(H,20,22,25)/t13-/m1/s1. The number of anilines is 2.